The first-order valence-electron chi connectivity index (χ1n) is 5.98. The zero-order valence-corrected chi connectivity index (χ0v) is 10.2. The summed E-state index contributed by atoms with van der Waals surface area (Å²) in [6.45, 7) is 0.683. The average Bonchev–Trinajstić information content (AvgIpc) is 2.93. The number of aromatic nitrogens is 2. The van der Waals surface area contributed by atoms with E-state index in [1.807, 2.05) is 30.3 Å². The predicted octanol–water partition coefficient (Wildman–Crippen LogP) is 2.26. The molecule has 0 amide bonds. The maximum Gasteiger partial charge on any atom is 0.174 e. The Morgan fingerprint density at radius 2 is 2.16 bits per heavy atom. The zero-order chi connectivity index (χ0) is 13.1. The van der Waals surface area contributed by atoms with Gasteiger partial charge < -0.3 is 15.0 Å². The van der Waals surface area contributed by atoms with Crippen LogP contribution in [0, 0.1) is 0 Å². The van der Waals surface area contributed by atoms with Crippen molar-refractivity contribution in [3.8, 4) is 5.75 Å². The topological polar surface area (TPSA) is 74.2 Å². The van der Waals surface area contributed by atoms with Crippen molar-refractivity contribution in [1.29, 1.82) is 0 Å². The van der Waals surface area contributed by atoms with E-state index in [9.17, 15) is 0 Å². The fourth-order valence-corrected chi connectivity index (χ4v) is 1.87. The number of pyridine rings is 1. The highest BCUT2D eigenvalue weighted by atomic mass is 16.5. The average molecular weight is 255 g/mol. The fourth-order valence-electron chi connectivity index (χ4n) is 1.87. The Kier molecular flexibility index (Phi) is 3.12. The lowest BCUT2D eigenvalue weighted by Gasteiger charge is -2.06. The molecule has 2 N–H and O–H groups in total. The third kappa shape index (κ3) is 2.41. The summed E-state index contributed by atoms with van der Waals surface area (Å²) in [5.74, 6) is 1.43. The number of hydrogen-bond acceptors (Lipinski definition) is 5. The van der Waals surface area contributed by atoms with Crippen LogP contribution >= 0.6 is 0 Å². The number of fused-ring (bicyclic) bond motifs is 1. The van der Waals surface area contributed by atoms with Gasteiger partial charge >= 0.3 is 0 Å². The minimum absolute atomic E-state index is 0.320. The number of ether oxygens (including phenoxy) is 1. The van der Waals surface area contributed by atoms with Crippen LogP contribution in [-0.4, -0.2) is 10.1 Å². The minimum atomic E-state index is 0.320. The van der Waals surface area contributed by atoms with Gasteiger partial charge in [0.1, 0.15) is 12.4 Å². The summed E-state index contributed by atoms with van der Waals surface area (Å²) in [4.78, 5) is 4.28. The molecule has 0 radical (unpaired) electrons. The summed E-state index contributed by atoms with van der Waals surface area (Å²) < 4.78 is 10.9. The molecule has 3 rings (SSSR count). The van der Waals surface area contributed by atoms with Gasteiger partial charge in [-0.25, -0.2) is 0 Å². The predicted molar refractivity (Wildman–Crippen MR) is 70.5 cm³/mol. The van der Waals surface area contributed by atoms with Crippen molar-refractivity contribution in [3.05, 3.63) is 54.0 Å². The molecule has 96 valence electrons. The van der Waals surface area contributed by atoms with Crippen molar-refractivity contribution in [3.63, 3.8) is 0 Å². The zero-order valence-electron chi connectivity index (χ0n) is 10.2. The summed E-state index contributed by atoms with van der Waals surface area (Å²) >= 11 is 0. The first kappa shape index (κ1) is 11.7. The molecule has 0 aliphatic carbocycles. The van der Waals surface area contributed by atoms with E-state index < -0.39 is 0 Å². The molecule has 0 fully saturated rings. The van der Waals surface area contributed by atoms with Gasteiger partial charge in [-0.1, -0.05) is 11.2 Å². The van der Waals surface area contributed by atoms with Crippen LogP contribution in [0.4, 0.5) is 0 Å². The molecule has 0 atom stereocenters. The van der Waals surface area contributed by atoms with E-state index in [1.165, 1.54) is 0 Å². The second kappa shape index (κ2) is 5.07. The van der Waals surface area contributed by atoms with E-state index in [0.717, 1.165) is 22.3 Å². The van der Waals surface area contributed by atoms with Gasteiger partial charge in [-0.3, -0.25) is 4.98 Å². The summed E-state index contributed by atoms with van der Waals surface area (Å²) in [5, 5.41) is 4.79. The molecule has 0 spiro atoms. The lowest BCUT2D eigenvalue weighted by Crippen LogP contribution is -1.96. The molecular formula is C14H13N3O2. The highest BCUT2D eigenvalue weighted by molar-refractivity contribution is 5.84. The van der Waals surface area contributed by atoms with E-state index >= 15 is 0 Å². The van der Waals surface area contributed by atoms with Gasteiger partial charge in [0.2, 0.25) is 0 Å². The van der Waals surface area contributed by atoms with Crippen LogP contribution in [0.1, 0.15) is 11.5 Å². The van der Waals surface area contributed by atoms with Gasteiger partial charge in [0.05, 0.1) is 11.2 Å². The molecule has 5 heteroatoms. The Balaban J connectivity index is 1.81. The molecule has 0 aliphatic rings. The first-order valence-corrected chi connectivity index (χ1v) is 5.98. The number of nitrogens with zero attached hydrogens (tertiary/aromatic N) is 2. The highest BCUT2D eigenvalue weighted by Gasteiger charge is 2.06. The molecule has 19 heavy (non-hydrogen) atoms. The van der Waals surface area contributed by atoms with Crippen molar-refractivity contribution in [1.82, 2.24) is 10.1 Å². The van der Waals surface area contributed by atoms with Gasteiger partial charge in [-0.05, 0) is 24.3 Å². The Hall–Kier alpha value is -2.40. The van der Waals surface area contributed by atoms with Gasteiger partial charge in [0.25, 0.3) is 0 Å². The van der Waals surface area contributed by atoms with Crippen molar-refractivity contribution in [2.75, 3.05) is 0 Å². The van der Waals surface area contributed by atoms with Gasteiger partial charge in [0.15, 0.2) is 5.76 Å². The Morgan fingerprint density at radius 3 is 3.00 bits per heavy atom. The molecule has 2 heterocycles. The summed E-state index contributed by atoms with van der Waals surface area (Å²) in [5.41, 5.74) is 7.10. The van der Waals surface area contributed by atoms with Crippen molar-refractivity contribution in [2.45, 2.75) is 13.2 Å². The Bertz CT molecular complexity index is 688. The number of nitrogens with two attached hydrogens (primary N) is 1. The van der Waals surface area contributed by atoms with E-state index in [2.05, 4.69) is 10.1 Å². The molecule has 0 saturated carbocycles. The van der Waals surface area contributed by atoms with Crippen LogP contribution in [0.2, 0.25) is 0 Å². The quantitative estimate of drug-likeness (QED) is 0.774. The van der Waals surface area contributed by atoms with Crippen LogP contribution in [-0.2, 0) is 13.2 Å². The molecule has 0 aliphatic heterocycles. The van der Waals surface area contributed by atoms with Gasteiger partial charge in [-0.15, -0.1) is 0 Å². The van der Waals surface area contributed by atoms with E-state index in [1.54, 1.807) is 12.3 Å². The molecular weight excluding hydrogens is 242 g/mol. The summed E-state index contributed by atoms with van der Waals surface area (Å²) in [6.07, 6.45) is 1.76. The molecule has 2 aromatic heterocycles. The SMILES string of the molecule is NCc1cc(COc2cccc3ncccc23)on1. The maximum absolute atomic E-state index is 5.75. The Labute approximate surface area is 110 Å². The van der Waals surface area contributed by atoms with Crippen LogP contribution < -0.4 is 10.5 Å². The van der Waals surface area contributed by atoms with Gasteiger partial charge in [0, 0.05) is 24.2 Å². The van der Waals surface area contributed by atoms with Gasteiger partial charge in [-0.2, -0.15) is 0 Å². The highest BCUT2D eigenvalue weighted by Crippen LogP contribution is 2.24. The molecule has 0 unspecified atom stereocenters. The summed E-state index contributed by atoms with van der Waals surface area (Å²) in [6, 6.07) is 11.4. The molecule has 0 bridgehead atoms. The van der Waals surface area contributed by atoms with Crippen molar-refractivity contribution >= 4 is 10.9 Å². The number of hydrogen-bond donors (Lipinski definition) is 1. The Morgan fingerprint density at radius 1 is 1.21 bits per heavy atom. The van der Waals surface area contributed by atoms with Crippen LogP contribution in [0.3, 0.4) is 0 Å². The third-order valence-electron chi connectivity index (χ3n) is 2.79. The molecule has 0 saturated heterocycles. The van der Waals surface area contributed by atoms with Crippen molar-refractivity contribution in [2.24, 2.45) is 5.73 Å². The van der Waals surface area contributed by atoms with E-state index in [4.69, 9.17) is 15.0 Å². The molecule has 1 aromatic carbocycles. The second-order valence-electron chi connectivity index (χ2n) is 4.10. The summed E-state index contributed by atoms with van der Waals surface area (Å²) in [7, 11) is 0. The normalized spacial score (nSPS) is 10.8. The van der Waals surface area contributed by atoms with Crippen LogP contribution in [0.15, 0.2) is 47.1 Å². The van der Waals surface area contributed by atoms with E-state index in [-0.39, 0.29) is 0 Å². The van der Waals surface area contributed by atoms with E-state index in [0.29, 0.717) is 18.9 Å². The van der Waals surface area contributed by atoms with Crippen LogP contribution in [0.25, 0.3) is 10.9 Å². The fraction of sp³-hybridized carbons (Fsp3) is 0.143. The standard InChI is InChI=1S/C14H13N3O2/c15-8-10-7-11(19-17-10)9-18-14-5-1-4-13-12(14)3-2-6-16-13/h1-7H,8-9,15H2. The third-order valence-corrected chi connectivity index (χ3v) is 2.79. The number of rotatable bonds is 4. The molecule has 3 aromatic rings. The largest absolute Gasteiger partial charge is 0.485 e. The monoisotopic (exact) mass is 255 g/mol. The van der Waals surface area contributed by atoms with Crippen molar-refractivity contribution < 1.29 is 9.26 Å². The maximum atomic E-state index is 5.75. The van der Waals surface area contributed by atoms with Crippen LogP contribution in [0.5, 0.6) is 5.75 Å². The smallest absolute Gasteiger partial charge is 0.174 e. The molecule has 5 nitrogen and oxygen atoms in total. The minimum Gasteiger partial charge on any atom is -0.485 e. The lowest BCUT2D eigenvalue weighted by atomic mass is 10.2. The number of benzene rings is 1. The lowest BCUT2D eigenvalue weighted by molar-refractivity contribution is 0.251. The first-order chi connectivity index (χ1) is 9.36. The second-order valence-corrected chi connectivity index (χ2v) is 4.10.